The third-order valence-electron chi connectivity index (χ3n) is 4.18. The normalized spacial score (nSPS) is 10.4. The van der Waals surface area contributed by atoms with Gasteiger partial charge in [-0.15, -0.1) is 0 Å². The Labute approximate surface area is 173 Å². The van der Waals surface area contributed by atoms with Crippen molar-refractivity contribution in [3.63, 3.8) is 0 Å². The van der Waals surface area contributed by atoms with Crippen molar-refractivity contribution >= 4 is 22.0 Å². The number of rotatable bonds is 7. The molecule has 0 radical (unpaired) electrons. The molecule has 3 rings (SSSR count). The summed E-state index contributed by atoms with van der Waals surface area (Å²) in [6.45, 7) is 1.11. The van der Waals surface area contributed by atoms with Gasteiger partial charge >= 0.3 is 6.09 Å². The van der Waals surface area contributed by atoms with Crippen LogP contribution in [0.3, 0.4) is 0 Å². The van der Waals surface area contributed by atoms with Gasteiger partial charge in [-0.2, -0.15) is 0 Å². The van der Waals surface area contributed by atoms with Crippen LogP contribution in [0.2, 0.25) is 0 Å². The highest BCUT2D eigenvalue weighted by Gasteiger charge is 2.14. The molecule has 3 aromatic carbocycles. The zero-order chi connectivity index (χ0) is 19.8. The van der Waals surface area contributed by atoms with Crippen LogP contribution in [-0.4, -0.2) is 18.0 Å². The Morgan fingerprint density at radius 2 is 1.50 bits per heavy atom. The fraction of sp³-hybridized carbons (Fsp3) is 0.174. The van der Waals surface area contributed by atoms with E-state index in [0.717, 1.165) is 26.9 Å². The van der Waals surface area contributed by atoms with E-state index in [1.165, 1.54) is 0 Å². The minimum atomic E-state index is -0.377. The molecule has 0 fully saturated rings. The number of ether oxygens (including phenoxy) is 2. The van der Waals surface area contributed by atoms with Crippen LogP contribution in [0.5, 0.6) is 5.75 Å². The number of benzene rings is 3. The lowest BCUT2D eigenvalue weighted by Crippen LogP contribution is -2.27. The van der Waals surface area contributed by atoms with Crippen molar-refractivity contribution in [3.05, 3.63) is 100 Å². The smallest absolute Gasteiger partial charge is 0.410 e. The molecule has 5 heteroatoms. The molecule has 0 aliphatic heterocycles. The van der Waals surface area contributed by atoms with E-state index in [2.05, 4.69) is 15.9 Å². The van der Waals surface area contributed by atoms with Gasteiger partial charge in [0.25, 0.3) is 0 Å². The number of amides is 1. The molecule has 1 amide bonds. The van der Waals surface area contributed by atoms with Crippen LogP contribution in [0.4, 0.5) is 4.79 Å². The van der Waals surface area contributed by atoms with E-state index in [9.17, 15) is 4.79 Å². The summed E-state index contributed by atoms with van der Waals surface area (Å²) in [5.41, 5.74) is 2.95. The Morgan fingerprint density at radius 3 is 2.14 bits per heavy atom. The van der Waals surface area contributed by atoms with Crippen LogP contribution in [0, 0.1) is 0 Å². The maximum absolute atomic E-state index is 12.3. The standard InChI is InChI=1S/C23H22BrNO3/c1-25(23(26)28-17-19-10-6-3-7-11-19)15-20-14-21(24)12-13-22(20)27-16-18-8-4-2-5-9-18/h2-14H,15-17H2,1H3. The van der Waals surface area contributed by atoms with Gasteiger partial charge < -0.3 is 14.4 Å². The van der Waals surface area contributed by atoms with Gasteiger partial charge in [-0.25, -0.2) is 4.79 Å². The number of nitrogens with zero attached hydrogens (tertiary/aromatic N) is 1. The van der Waals surface area contributed by atoms with E-state index >= 15 is 0 Å². The van der Waals surface area contributed by atoms with Gasteiger partial charge in [-0.1, -0.05) is 76.6 Å². The predicted molar refractivity (Wildman–Crippen MR) is 113 cm³/mol. The first-order valence-electron chi connectivity index (χ1n) is 8.99. The first kappa shape index (κ1) is 20.0. The molecule has 144 valence electrons. The summed E-state index contributed by atoms with van der Waals surface area (Å²) >= 11 is 3.49. The number of carbonyl (C=O) groups is 1. The van der Waals surface area contributed by atoms with Crippen LogP contribution < -0.4 is 4.74 Å². The average Bonchev–Trinajstić information content (AvgIpc) is 2.73. The van der Waals surface area contributed by atoms with Crippen molar-refractivity contribution in [3.8, 4) is 5.75 Å². The van der Waals surface area contributed by atoms with Crippen molar-refractivity contribution in [1.82, 2.24) is 4.90 Å². The van der Waals surface area contributed by atoms with Crippen molar-refractivity contribution in [2.24, 2.45) is 0 Å². The van der Waals surface area contributed by atoms with Crippen molar-refractivity contribution in [2.45, 2.75) is 19.8 Å². The molecule has 3 aromatic rings. The van der Waals surface area contributed by atoms with Crippen LogP contribution in [0.25, 0.3) is 0 Å². The number of carbonyl (C=O) groups excluding carboxylic acids is 1. The van der Waals surface area contributed by atoms with Crippen LogP contribution >= 0.6 is 15.9 Å². The summed E-state index contributed by atoms with van der Waals surface area (Å²) < 4.78 is 12.3. The highest BCUT2D eigenvalue weighted by molar-refractivity contribution is 9.10. The molecule has 0 saturated carbocycles. The lowest BCUT2D eigenvalue weighted by Gasteiger charge is -2.19. The van der Waals surface area contributed by atoms with Crippen LogP contribution in [0.15, 0.2) is 83.3 Å². The van der Waals surface area contributed by atoms with Gasteiger partial charge in [0.05, 0.1) is 6.54 Å². The second kappa shape index (κ2) is 9.95. The summed E-state index contributed by atoms with van der Waals surface area (Å²) in [4.78, 5) is 13.9. The molecule has 0 bridgehead atoms. The minimum absolute atomic E-state index is 0.250. The lowest BCUT2D eigenvalue weighted by atomic mass is 10.2. The first-order chi connectivity index (χ1) is 13.6. The summed E-state index contributed by atoms with van der Waals surface area (Å²) in [6.07, 6.45) is -0.377. The van der Waals surface area contributed by atoms with E-state index in [1.807, 2.05) is 78.9 Å². The van der Waals surface area contributed by atoms with Gasteiger partial charge in [0.2, 0.25) is 0 Å². The Bertz CT molecular complexity index is 900. The minimum Gasteiger partial charge on any atom is -0.489 e. The molecular formula is C23H22BrNO3. The third kappa shape index (κ3) is 5.86. The second-order valence-corrected chi connectivity index (χ2v) is 7.34. The van der Waals surface area contributed by atoms with Gasteiger partial charge in [-0.05, 0) is 29.3 Å². The Kier molecular flexibility index (Phi) is 7.09. The molecule has 0 saturated heterocycles. The summed E-state index contributed by atoms with van der Waals surface area (Å²) in [6, 6.07) is 25.4. The summed E-state index contributed by atoms with van der Waals surface area (Å²) in [5, 5.41) is 0. The summed E-state index contributed by atoms with van der Waals surface area (Å²) in [5.74, 6) is 0.745. The number of hydrogen-bond acceptors (Lipinski definition) is 3. The molecule has 0 unspecified atom stereocenters. The van der Waals surface area contributed by atoms with Crippen LogP contribution in [-0.2, 0) is 24.5 Å². The lowest BCUT2D eigenvalue weighted by molar-refractivity contribution is 0.102. The van der Waals surface area contributed by atoms with Crippen molar-refractivity contribution in [2.75, 3.05) is 7.05 Å². The van der Waals surface area contributed by atoms with Crippen molar-refractivity contribution in [1.29, 1.82) is 0 Å². The van der Waals surface area contributed by atoms with E-state index in [4.69, 9.17) is 9.47 Å². The van der Waals surface area contributed by atoms with E-state index in [0.29, 0.717) is 13.2 Å². The Morgan fingerprint density at radius 1 is 0.893 bits per heavy atom. The maximum Gasteiger partial charge on any atom is 0.410 e. The Hall–Kier alpha value is -2.79. The quantitative estimate of drug-likeness (QED) is 0.467. The highest BCUT2D eigenvalue weighted by atomic mass is 79.9. The largest absolute Gasteiger partial charge is 0.489 e. The molecule has 4 nitrogen and oxygen atoms in total. The molecule has 0 spiro atoms. The fourth-order valence-electron chi connectivity index (χ4n) is 2.70. The molecule has 0 aliphatic rings. The monoisotopic (exact) mass is 439 g/mol. The molecule has 0 aromatic heterocycles. The fourth-order valence-corrected chi connectivity index (χ4v) is 3.11. The Balaban J connectivity index is 1.61. The van der Waals surface area contributed by atoms with E-state index in [-0.39, 0.29) is 12.7 Å². The van der Waals surface area contributed by atoms with Gasteiger partial charge in [0.15, 0.2) is 0 Å². The molecule has 0 N–H and O–H groups in total. The average molecular weight is 440 g/mol. The van der Waals surface area contributed by atoms with Gasteiger partial charge in [0.1, 0.15) is 19.0 Å². The first-order valence-corrected chi connectivity index (χ1v) is 9.78. The van der Waals surface area contributed by atoms with Crippen LogP contribution in [0.1, 0.15) is 16.7 Å². The molecule has 0 aliphatic carbocycles. The molecule has 0 heterocycles. The van der Waals surface area contributed by atoms with Gasteiger partial charge in [-0.3, -0.25) is 0 Å². The zero-order valence-electron chi connectivity index (χ0n) is 15.7. The molecular weight excluding hydrogens is 418 g/mol. The number of halogens is 1. The molecule has 0 atom stereocenters. The third-order valence-corrected chi connectivity index (χ3v) is 4.68. The predicted octanol–water partition coefficient (Wildman–Crippen LogP) is 5.80. The van der Waals surface area contributed by atoms with E-state index < -0.39 is 0 Å². The zero-order valence-corrected chi connectivity index (χ0v) is 17.3. The van der Waals surface area contributed by atoms with Crippen molar-refractivity contribution < 1.29 is 14.3 Å². The topological polar surface area (TPSA) is 38.8 Å². The highest BCUT2D eigenvalue weighted by Crippen LogP contribution is 2.25. The molecule has 28 heavy (non-hydrogen) atoms. The second-order valence-electron chi connectivity index (χ2n) is 6.42. The maximum atomic E-state index is 12.3. The SMILES string of the molecule is CN(Cc1cc(Br)ccc1OCc1ccccc1)C(=O)OCc1ccccc1. The number of hydrogen-bond donors (Lipinski definition) is 0. The van der Waals surface area contributed by atoms with E-state index in [1.54, 1.807) is 11.9 Å². The van der Waals surface area contributed by atoms with Gasteiger partial charge in [0, 0.05) is 17.1 Å². The summed E-state index contributed by atoms with van der Waals surface area (Å²) in [7, 11) is 1.72.